The molecule has 0 radical (unpaired) electrons. The summed E-state index contributed by atoms with van der Waals surface area (Å²) in [4.78, 5) is 2.08. The molecule has 0 heterocycles. The van der Waals surface area contributed by atoms with Gasteiger partial charge < -0.3 is 21.9 Å². The molecule has 0 aliphatic heterocycles. The van der Waals surface area contributed by atoms with Crippen LogP contribution in [0.5, 0.6) is 0 Å². The van der Waals surface area contributed by atoms with Crippen molar-refractivity contribution in [2.24, 2.45) is 0 Å². The van der Waals surface area contributed by atoms with Gasteiger partial charge in [-0.2, -0.15) is 23.8 Å². The van der Waals surface area contributed by atoms with Gasteiger partial charge in [0.25, 0.3) is 0 Å². The maximum absolute atomic E-state index is 3.21. The molecule has 1 aromatic carbocycles. The molecule has 1 nitrogen and oxygen atoms in total. The zero-order valence-corrected chi connectivity index (χ0v) is 13.3. The third-order valence-corrected chi connectivity index (χ3v) is 2.13. The zero-order chi connectivity index (χ0) is 10.1. The summed E-state index contributed by atoms with van der Waals surface area (Å²) >= 11 is 0. The quantitative estimate of drug-likeness (QED) is 0.494. The summed E-state index contributed by atoms with van der Waals surface area (Å²) in [7, 11) is 4.08. The summed E-state index contributed by atoms with van der Waals surface area (Å²) < 4.78 is 0. The maximum Gasteiger partial charge on any atom is 2.00 e. The van der Waals surface area contributed by atoms with Gasteiger partial charge in [0.05, 0.1) is 0 Å². The molecular formula is C12H18BrMgN. The zero-order valence-electron chi connectivity index (χ0n) is 10.3. The summed E-state index contributed by atoms with van der Waals surface area (Å²) in [6.45, 7) is 6.67. The standard InChI is InChI=1S/C12H18N.BrH.Mg/c1-12(2,3)10-7-6-8-11(9-10)13(4)5;;/h6-7,9H,1-5H3;1H;/q-1;;+2/p-1. The Morgan fingerprint density at radius 3 is 2.13 bits per heavy atom. The van der Waals surface area contributed by atoms with E-state index in [1.165, 1.54) is 5.56 Å². The van der Waals surface area contributed by atoms with Crippen molar-refractivity contribution in [3.05, 3.63) is 29.8 Å². The van der Waals surface area contributed by atoms with Crippen molar-refractivity contribution in [2.45, 2.75) is 26.2 Å². The van der Waals surface area contributed by atoms with E-state index in [0.717, 1.165) is 5.69 Å². The van der Waals surface area contributed by atoms with E-state index in [9.17, 15) is 0 Å². The Balaban J connectivity index is 0. The van der Waals surface area contributed by atoms with Gasteiger partial charge in [0.1, 0.15) is 0 Å². The van der Waals surface area contributed by atoms with Gasteiger partial charge in [-0.25, -0.2) is 0 Å². The number of hydrogen-bond acceptors (Lipinski definition) is 1. The van der Waals surface area contributed by atoms with Crippen LogP contribution in [0.15, 0.2) is 18.2 Å². The number of rotatable bonds is 1. The van der Waals surface area contributed by atoms with Crippen LogP contribution >= 0.6 is 0 Å². The minimum Gasteiger partial charge on any atom is -1.00 e. The van der Waals surface area contributed by atoms with Gasteiger partial charge in [-0.05, 0) is 5.41 Å². The van der Waals surface area contributed by atoms with Crippen LogP contribution < -0.4 is 21.9 Å². The van der Waals surface area contributed by atoms with Crippen molar-refractivity contribution in [3.8, 4) is 0 Å². The first kappa shape index (κ1) is 17.7. The van der Waals surface area contributed by atoms with Gasteiger partial charge in [0.2, 0.25) is 0 Å². The largest absolute Gasteiger partial charge is 2.00 e. The Morgan fingerprint density at radius 1 is 1.20 bits per heavy atom. The fourth-order valence-corrected chi connectivity index (χ4v) is 1.18. The second kappa shape index (κ2) is 6.76. The van der Waals surface area contributed by atoms with Crippen molar-refractivity contribution in [2.75, 3.05) is 19.0 Å². The molecule has 15 heavy (non-hydrogen) atoms. The topological polar surface area (TPSA) is 3.24 Å². The molecule has 1 rings (SSSR count). The van der Waals surface area contributed by atoms with Crippen molar-refractivity contribution < 1.29 is 17.0 Å². The Hall–Kier alpha value is 0.266. The molecule has 0 saturated carbocycles. The van der Waals surface area contributed by atoms with Gasteiger partial charge in [0.15, 0.2) is 0 Å². The summed E-state index contributed by atoms with van der Waals surface area (Å²) in [6, 6.07) is 9.53. The molecule has 0 N–H and O–H groups in total. The number of anilines is 1. The van der Waals surface area contributed by atoms with Gasteiger partial charge in [0, 0.05) is 14.1 Å². The second-order valence-corrected chi connectivity index (χ2v) is 4.61. The van der Waals surface area contributed by atoms with Crippen LogP contribution in [0.1, 0.15) is 26.3 Å². The predicted octanol–water partition coefficient (Wildman–Crippen LogP) is -0.527. The molecule has 0 atom stereocenters. The van der Waals surface area contributed by atoms with E-state index in [1.54, 1.807) is 0 Å². The van der Waals surface area contributed by atoms with Gasteiger partial charge in [-0.15, -0.1) is 6.07 Å². The van der Waals surface area contributed by atoms with Crippen LogP contribution in [0.2, 0.25) is 0 Å². The molecule has 80 valence electrons. The summed E-state index contributed by atoms with van der Waals surface area (Å²) in [5, 5.41) is 0. The van der Waals surface area contributed by atoms with Crippen molar-refractivity contribution >= 4 is 28.7 Å². The van der Waals surface area contributed by atoms with Crippen LogP contribution in [-0.4, -0.2) is 37.1 Å². The average molecular weight is 280 g/mol. The van der Waals surface area contributed by atoms with Gasteiger partial charge in [-0.1, -0.05) is 26.5 Å². The van der Waals surface area contributed by atoms with Crippen LogP contribution in [0, 0.1) is 6.07 Å². The molecule has 3 heteroatoms. The number of benzene rings is 1. The fourth-order valence-electron chi connectivity index (χ4n) is 1.18. The number of nitrogens with zero attached hydrogens (tertiary/aromatic N) is 1. The Kier molecular flexibility index (Phi) is 7.96. The molecule has 0 saturated heterocycles. The van der Waals surface area contributed by atoms with Gasteiger partial charge in [-0.3, -0.25) is 0 Å². The minimum absolute atomic E-state index is 0. The molecule has 0 bridgehead atoms. The van der Waals surface area contributed by atoms with E-state index in [4.69, 9.17) is 0 Å². The van der Waals surface area contributed by atoms with E-state index in [2.05, 4.69) is 43.9 Å². The van der Waals surface area contributed by atoms with Gasteiger partial charge >= 0.3 is 23.1 Å². The van der Waals surface area contributed by atoms with E-state index in [-0.39, 0.29) is 45.4 Å². The molecule has 0 aliphatic carbocycles. The fraction of sp³-hybridized carbons (Fsp3) is 0.500. The van der Waals surface area contributed by atoms with E-state index in [0.29, 0.717) is 0 Å². The van der Waals surface area contributed by atoms with Crippen molar-refractivity contribution in [1.82, 2.24) is 0 Å². The van der Waals surface area contributed by atoms with Crippen LogP contribution in [0.3, 0.4) is 0 Å². The smallest absolute Gasteiger partial charge is 1.00 e. The Bertz CT molecular complexity index is 292. The minimum atomic E-state index is 0. The normalized spacial score (nSPS) is 9.93. The number of halogens is 1. The van der Waals surface area contributed by atoms with E-state index in [1.807, 2.05) is 20.2 Å². The number of hydrogen-bond donors (Lipinski definition) is 0. The predicted molar refractivity (Wildman–Crippen MR) is 64.1 cm³/mol. The summed E-state index contributed by atoms with van der Waals surface area (Å²) in [5.41, 5.74) is 2.72. The van der Waals surface area contributed by atoms with Crippen LogP contribution in [0.4, 0.5) is 5.69 Å². The molecule has 0 spiro atoms. The monoisotopic (exact) mass is 279 g/mol. The summed E-state index contributed by atoms with van der Waals surface area (Å²) in [6.07, 6.45) is 0. The van der Waals surface area contributed by atoms with Crippen molar-refractivity contribution in [3.63, 3.8) is 0 Å². The third kappa shape index (κ3) is 5.23. The van der Waals surface area contributed by atoms with Crippen LogP contribution in [0.25, 0.3) is 0 Å². The molecule has 0 aromatic heterocycles. The molecule has 1 aromatic rings. The molecule has 0 aliphatic rings. The molecule has 0 fully saturated rings. The molecule has 0 amide bonds. The molecule has 0 unspecified atom stereocenters. The van der Waals surface area contributed by atoms with Crippen molar-refractivity contribution in [1.29, 1.82) is 0 Å². The summed E-state index contributed by atoms with van der Waals surface area (Å²) in [5.74, 6) is 0. The maximum atomic E-state index is 3.21. The third-order valence-electron chi connectivity index (χ3n) is 2.13. The van der Waals surface area contributed by atoms with Crippen LogP contribution in [-0.2, 0) is 5.41 Å². The van der Waals surface area contributed by atoms with E-state index < -0.39 is 0 Å². The molecular weight excluding hydrogens is 262 g/mol. The second-order valence-electron chi connectivity index (χ2n) is 4.61. The van der Waals surface area contributed by atoms with E-state index >= 15 is 0 Å². The Labute approximate surface area is 120 Å². The first-order valence-electron chi connectivity index (χ1n) is 4.61. The Morgan fingerprint density at radius 2 is 1.73 bits per heavy atom. The first-order chi connectivity index (χ1) is 5.91. The average Bonchev–Trinajstić information content (AvgIpc) is 2.03. The first-order valence-corrected chi connectivity index (χ1v) is 4.61. The SMILES string of the molecule is CN(C)c1[c-]ccc(C(C)(C)C)c1.[Br-].[Mg+2].